The van der Waals surface area contributed by atoms with Crippen molar-refractivity contribution in [3.63, 3.8) is 0 Å². The minimum Gasteiger partial charge on any atom is -0.476 e. The molecule has 1 aromatic carbocycles. The number of benzene rings is 1. The van der Waals surface area contributed by atoms with Crippen LogP contribution in [-0.4, -0.2) is 32.5 Å². The van der Waals surface area contributed by atoms with Gasteiger partial charge in [0, 0.05) is 5.02 Å². The van der Waals surface area contributed by atoms with Crippen molar-refractivity contribution in [3.05, 3.63) is 40.7 Å². The first-order chi connectivity index (χ1) is 8.58. The number of carbonyl (C=O) groups is 2. The molecule has 0 radical (unpaired) electrons. The number of ether oxygens (including phenoxy) is 1. The fourth-order valence-electron chi connectivity index (χ4n) is 1.18. The van der Waals surface area contributed by atoms with Crippen LogP contribution in [0.15, 0.2) is 24.3 Å². The van der Waals surface area contributed by atoms with E-state index in [1.807, 2.05) is 0 Å². The molecular weight excluding hydrogens is 262 g/mol. The van der Waals surface area contributed by atoms with Crippen LogP contribution >= 0.6 is 11.6 Å². The molecule has 0 aliphatic heterocycles. The summed E-state index contributed by atoms with van der Waals surface area (Å²) in [7, 11) is 0. The largest absolute Gasteiger partial charge is 0.476 e. The molecular formula is C10H6ClN3O4. The molecule has 0 saturated heterocycles. The van der Waals surface area contributed by atoms with Gasteiger partial charge in [-0.2, -0.15) is 5.21 Å². The van der Waals surface area contributed by atoms with Gasteiger partial charge >= 0.3 is 11.9 Å². The maximum atomic E-state index is 11.6. The van der Waals surface area contributed by atoms with Crippen LogP contribution < -0.4 is 4.74 Å². The maximum absolute atomic E-state index is 11.6. The number of carbonyl (C=O) groups excluding carboxylic acids is 1. The molecule has 0 spiro atoms. The van der Waals surface area contributed by atoms with Crippen LogP contribution in [0.5, 0.6) is 5.75 Å². The van der Waals surface area contributed by atoms with Crippen molar-refractivity contribution in [2.45, 2.75) is 0 Å². The number of carboxylic acid groups (broad SMARTS) is 1. The Labute approximate surface area is 105 Å². The van der Waals surface area contributed by atoms with Crippen molar-refractivity contribution in [1.29, 1.82) is 0 Å². The summed E-state index contributed by atoms with van der Waals surface area (Å²) in [5.41, 5.74) is -0.883. The molecule has 0 unspecified atom stereocenters. The highest BCUT2D eigenvalue weighted by Crippen LogP contribution is 2.17. The number of aromatic carboxylic acids is 1. The van der Waals surface area contributed by atoms with E-state index in [0.717, 1.165) is 0 Å². The lowest BCUT2D eigenvalue weighted by atomic mass is 10.3. The number of halogens is 1. The van der Waals surface area contributed by atoms with E-state index >= 15 is 0 Å². The van der Waals surface area contributed by atoms with E-state index in [4.69, 9.17) is 21.4 Å². The third-order valence-corrected chi connectivity index (χ3v) is 2.22. The van der Waals surface area contributed by atoms with Gasteiger partial charge in [-0.1, -0.05) is 11.6 Å². The van der Waals surface area contributed by atoms with Crippen molar-refractivity contribution in [2.24, 2.45) is 0 Å². The van der Waals surface area contributed by atoms with Gasteiger partial charge in [-0.15, -0.1) is 10.2 Å². The van der Waals surface area contributed by atoms with Crippen molar-refractivity contribution >= 4 is 23.5 Å². The van der Waals surface area contributed by atoms with E-state index in [-0.39, 0.29) is 5.75 Å². The Hall–Kier alpha value is -2.41. The molecule has 0 aliphatic rings. The zero-order valence-electron chi connectivity index (χ0n) is 8.75. The summed E-state index contributed by atoms with van der Waals surface area (Å²) in [5, 5.41) is 18.1. The van der Waals surface area contributed by atoms with E-state index in [1.165, 1.54) is 24.3 Å². The second-order valence-corrected chi connectivity index (χ2v) is 3.61. The smallest absolute Gasteiger partial charge is 0.366 e. The van der Waals surface area contributed by atoms with Crippen molar-refractivity contribution in [3.8, 4) is 5.75 Å². The number of esters is 1. The zero-order valence-corrected chi connectivity index (χ0v) is 9.51. The Morgan fingerprint density at radius 2 is 1.78 bits per heavy atom. The number of hydrogen-bond donors (Lipinski definition) is 2. The first-order valence-corrected chi connectivity index (χ1v) is 5.07. The Morgan fingerprint density at radius 3 is 2.39 bits per heavy atom. The Balaban J connectivity index is 2.19. The van der Waals surface area contributed by atoms with Gasteiger partial charge in [0.2, 0.25) is 11.4 Å². The molecule has 0 amide bonds. The molecule has 1 aromatic heterocycles. The molecule has 0 aliphatic carbocycles. The molecule has 8 heteroatoms. The van der Waals surface area contributed by atoms with Crippen LogP contribution in [0, 0.1) is 0 Å². The van der Waals surface area contributed by atoms with Crippen molar-refractivity contribution in [2.75, 3.05) is 0 Å². The molecule has 0 saturated carbocycles. The fourth-order valence-corrected chi connectivity index (χ4v) is 1.31. The highest BCUT2D eigenvalue weighted by molar-refractivity contribution is 6.30. The fraction of sp³-hybridized carbons (Fsp3) is 0. The predicted octanol–water partition coefficient (Wildman–Crippen LogP) is 1.38. The number of rotatable bonds is 3. The second kappa shape index (κ2) is 4.84. The molecule has 2 aromatic rings. The van der Waals surface area contributed by atoms with Gasteiger partial charge in [-0.3, -0.25) is 0 Å². The van der Waals surface area contributed by atoms with Crippen LogP contribution in [0.1, 0.15) is 21.0 Å². The standard InChI is InChI=1S/C10H6ClN3O4/c11-5-1-3-6(4-2-5)18-10(17)8-7(9(15)16)12-14-13-8/h1-4H,(H,15,16)(H,12,13,14). The van der Waals surface area contributed by atoms with Crippen LogP contribution in [0.25, 0.3) is 0 Å². The normalized spacial score (nSPS) is 10.1. The zero-order chi connectivity index (χ0) is 13.1. The predicted molar refractivity (Wildman–Crippen MR) is 59.8 cm³/mol. The van der Waals surface area contributed by atoms with Crippen LogP contribution in [0.3, 0.4) is 0 Å². The van der Waals surface area contributed by atoms with E-state index in [2.05, 4.69) is 15.4 Å². The highest BCUT2D eigenvalue weighted by atomic mass is 35.5. The topological polar surface area (TPSA) is 105 Å². The molecule has 2 rings (SSSR count). The Morgan fingerprint density at radius 1 is 1.17 bits per heavy atom. The van der Waals surface area contributed by atoms with Crippen LogP contribution in [0.2, 0.25) is 5.02 Å². The van der Waals surface area contributed by atoms with Crippen LogP contribution in [0.4, 0.5) is 0 Å². The summed E-state index contributed by atoms with van der Waals surface area (Å²) in [4.78, 5) is 22.4. The monoisotopic (exact) mass is 267 g/mol. The molecule has 18 heavy (non-hydrogen) atoms. The Kier molecular flexibility index (Phi) is 3.24. The number of nitrogens with one attached hydrogen (secondary N) is 1. The summed E-state index contributed by atoms with van der Waals surface area (Å²) < 4.78 is 4.92. The van der Waals surface area contributed by atoms with Gasteiger partial charge in [-0.25, -0.2) is 9.59 Å². The lowest BCUT2D eigenvalue weighted by Gasteiger charge is -2.02. The van der Waals surface area contributed by atoms with Gasteiger partial charge in [0.1, 0.15) is 5.75 Å². The number of hydrogen-bond acceptors (Lipinski definition) is 5. The van der Waals surface area contributed by atoms with Gasteiger partial charge in [0.05, 0.1) is 0 Å². The molecule has 0 fully saturated rings. The first kappa shape index (κ1) is 12.1. The molecule has 1 heterocycles. The number of aromatic amines is 1. The quantitative estimate of drug-likeness (QED) is 0.643. The van der Waals surface area contributed by atoms with Gasteiger partial charge < -0.3 is 9.84 Å². The first-order valence-electron chi connectivity index (χ1n) is 4.69. The van der Waals surface area contributed by atoms with Crippen molar-refractivity contribution in [1.82, 2.24) is 15.4 Å². The average Bonchev–Trinajstić information content (AvgIpc) is 2.81. The van der Waals surface area contributed by atoms with E-state index < -0.39 is 23.3 Å². The van der Waals surface area contributed by atoms with Gasteiger partial charge in [-0.05, 0) is 24.3 Å². The minimum absolute atomic E-state index is 0.226. The molecule has 7 nitrogen and oxygen atoms in total. The summed E-state index contributed by atoms with van der Waals surface area (Å²) in [6, 6.07) is 6.01. The molecule has 0 atom stereocenters. The summed E-state index contributed by atoms with van der Waals surface area (Å²) in [5.74, 6) is -2.06. The Bertz CT molecular complexity index is 593. The van der Waals surface area contributed by atoms with Crippen molar-refractivity contribution < 1.29 is 19.4 Å². The van der Waals surface area contributed by atoms with E-state index in [1.54, 1.807) is 0 Å². The number of aromatic nitrogens is 3. The lowest BCUT2D eigenvalue weighted by Crippen LogP contribution is -2.14. The lowest BCUT2D eigenvalue weighted by molar-refractivity contribution is 0.0661. The second-order valence-electron chi connectivity index (χ2n) is 3.17. The highest BCUT2D eigenvalue weighted by Gasteiger charge is 2.23. The summed E-state index contributed by atoms with van der Waals surface area (Å²) in [6.45, 7) is 0. The third-order valence-electron chi connectivity index (χ3n) is 1.97. The summed E-state index contributed by atoms with van der Waals surface area (Å²) >= 11 is 5.67. The molecule has 92 valence electrons. The number of nitrogens with zero attached hydrogens (tertiary/aromatic N) is 2. The number of carboxylic acids is 1. The van der Waals surface area contributed by atoms with Crippen LogP contribution in [-0.2, 0) is 0 Å². The molecule has 0 bridgehead atoms. The van der Waals surface area contributed by atoms with Gasteiger partial charge in [0.25, 0.3) is 0 Å². The van der Waals surface area contributed by atoms with Gasteiger partial charge in [0.15, 0.2) is 0 Å². The SMILES string of the molecule is O=C(O)c1n[nH]nc1C(=O)Oc1ccc(Cl)cc1. The van der Waals surface area contributed by atoms with E-state index in [9.17, 15) is 9.59 Å². The molecule has 2 N–H and O–H groups in total. The van der Waals surface area contributed by atoms with E-state index in [0.29, 0.717) is 5.02 Å². The minimum atomic E-state index is -1.37. The number of H-pyrrole nitrogens is 1. The maximum Gasteiger partial charge on any atom is 0.366 e. The third kappa shape index (κ3) is 2.46. The average molecular weight is 268 g/mol. The summed E-state index contributed by atoms with van der Waals surface area (Å²) in [6.07, 6.45) is 0.